The average Bonchev–Trinajstić information content (AvgIpc) is 2.81. The lowest BCUT2D eigenvalue weighted by Gasteiger charge is -2.22. The van der Waals surface area contributed by atoms with Gasteiger partial charge in [-0.05, 0) is 54.4 Å². The van der Waals surface area contributed by atoms with E-state index in [0.717, 1.165) is 19.3 Å². The van der Waals surface area contributed by atoms with Crippen molar-refractivity contribution in [3.63, 3.8) is 0 Å². The Morgan fingerprint density at radius 1 is 1.19 bits per heavy atom. The van der Waals surface area contributed by atoms with Crippen LogP contribution >= 0.6 is 0 Å². The third-order valence-corrected chi connectivity index (χ3v) is 4.70. The maximum absolute atomic E-state index is 4.14. The summed E-state index contributed by atoms with van der Waals surface area (Å²) in [4.78, 5) is 0. The molecular weight excluding hydrogens is 252 g/mol. The summed E-state index contributed by atoms with van der Waals surface area (Å²) in [5, 5.41) is 0. The molecule has 0 aliphatic heterocycles. The summed E-state index contributed by atoms with van der Waals surface area (Å²) >= 11 is 0. The maximum atomic E-state index is 4.14. The van der Waals surface area contributed by atoms with Gasteiger partial charge >= 0.3 is 0 Å². The van der Waals surface area contributed by atoms with Crippen molar-refractivity contribution in [2.45, 2.75) is 65.7 Å². The Morgan fingerprint density at radius 2 is 1.95 bits per heavy atom. The second-order valence-corrected chi connectivity index (χ2v) is 6.14. The summed E-state index contributed by atoms with van der Waals surface area (Å²) in [7, 11) is 0. The van der Waals surface area contributed by atoms with E-state index in [1.807, 2.05) is 0 Å². The Labute approximate surface area is 131 Å². The van der Waals surface area contributed by atoms with Crippen LogP contribution in [-0.4, -0.2) is 0 Å². The Bertz CT molecular complexity index is 508. The number of hydrogen-bond acceptors (Lipinski definition) is 0. The van der Waals surface area contributed by atoms with Crippen molar-refractivity contribution in [1.82, 2.24) is 0 Å². The molecule has 2 aliphatic carbocycles. The lowest BCUT2D eigenvalue weighted by Crippen LogP contribution is -2.08. The van der Waals surface area contributed by atoms with E-state index in [2.05, 4.69) is 51.7 Å². The van der Waals surface area contributed by atoms with Gasteiger partial charge in [-0.25, -0.2) is 0 Å². The standard InChI is InChI=1S/C21H30/c1-5-11-16(12-6-2)21-17(8-4)18-14-9-10-15-19(18)20(21)13-7-3/h8-11,20H,4-7,12-15H2,1-3H3/b16-11-. The van der Waals surface area contributed by atoms with Crippen molar-refractivity contribution >= 4 is 0 Å². The summed E-state index contributed by atoms with van der Waals surface area (Å²) in [6.45, 7) is 11.0. The highest BCUT2D eigenvalue weighted by molar-refractivity contribution is 5.62. The number of rotatable bonds is 7. The van der Waals surface area contributed by atoms with Crippen LogP contribution in [0.25, 0.3) is 0 Å². The molecule has 0 heteroatoms. The molecule has 21 heavy (non-hydrogen) atoms. The smallest absolute Gasteiger partial charge is 0.00659 e. The first kappa shape index (κ1) is 16.1. The molecular formula is C21H30. The van der Waals surface area contributed by atoms with E-state index < -0.39 is 0 Å². The van der Waals surface area contributed by atoms with Gasteiger partial charge in [-0.2, -0.15) is 0 Å². The van der Waals surface area contributed by atoms with Gasteiger partial charge in [0.15, 0.2) is 0 Å². The molecule has 0 fully saturated rings. The summed E-state index contributed by atoms with van der Waals surface area (Å²) in [5.41, 5.74) is 7.93. The predicted molar refractivity (Wildman–Crippen MR) is 94.3 cm³/mol. The molecule has 0 heterocycles. The van der Waals surface area contributed by atoms with E-state index in [1.165, 1.54) is 31.3 Å². The highest BCUT2D eigenvalue weighted by Gasteiger charge is 2.32. The van der Waals surface area contributed by atoms with Gasteiger partial charge < -0.3 is 0 Å². The van der Waals surface area contributed by atoms with Crippen LogP contribution in [0.1, 0.15) is 65.7 Å². The van der Waals surface area contributed by atoms with E-state index in [9.17, 15) is 0 Å². The molecule has 0 N–H and O–H groups in total. The summed E-state index contributed by atoms with van der Waals surface area (Å²) in [6.07, 6.45) is 17.6. The molecule has 0 saturated heterocycles. The first-order valence-corrected chi connectivity index (χ1v) is 8.71. The Kier molecular flexibility index (Phi) is 5.85. The Morgan fingerprint density at radius 3 is 2.57 bits per heavy atom. The zero-order valence-corrected chi connectivity index (χ0v) is 14.0. The van der Waals surface area contributed by atoms with Gasteiger partial charge in [0.25, 0.3) is 0 Å². The summed E-state index contributed by atoms with van der Waals surface area (Å²) in [5.74, 6) is 0.646. The van der Waals surface area contributed by atoms with Crippen molar-refractivity contribution in [2.24, 2.45) is 5.92 Å². The van der Waals surface area contributed by atoms with Crippen LogP contribution in [0, 0.1) is 5.92 Å². The molecule has 2 aliphatic rings. The minimum atomic E-state index is 0.646. The van der Waals surface area contributed by atoms with Crippen molar-refractivity contribution < 1.29 is 0 Å². The molecule has 0 aromatic rings. The fraction of sp³-hybridized carbons (Fsp3) is 0.524. The summed E-state index contributed by atoms with van der Waals surface area (Å²) < 4.78 is 0. The van der Waals surface area contributed by atoms with Crippen LogP contribution in [0.4, 0.5) is 0 Å². The zero-order valence-electron chi connectivity index (χ0n) is 14.0. The number of hydrogen-bond donors (Lipinski definition) is 0. The van der Waals surface area contributed by atoms with E-state index in [1.54, 1.807) is 22.3 Å². The van der Waals surface area contributed by atoms with E-state index in [4.69, 9.17) is 0 Å². The van der Waals surface area contributed by atoms with Crippen LogP contribution < -0.4 is 0 Å². The largest absolute Gasteiger partial charge is 0.0984 e. The molecule has 0 nitrogen and oxygen atoms in total. The van der Waals surface area contributed by atoms with Crippen molar-refractivity contribution in [3.8, 4) is 0 Å². The van der Waals surface area contributed by atoms with Gasteiger partial charge in [-0.3, -0.25) is 0 Å². The van der Waals surface area contributed by atoms with Gasteiger partial charge in [0.1, 0.15) is 0 Å². The molecule has 0 bridgehead atoms. The van der Waals surface area contributed by atoms with Crippen LogP contribution in [-0.2, 0) is 0 Å². The molecule has 1 unspecified atom stereocenters. The van der Waals surface area contributed by atoms with Crippen LogP contribution in [0.15, 0.2) is 58.7 Å². The molecule has 114 valence electrons. The molecule has 0 aromatic heterocycles. The molecule has 1 atom stereocenters. The van der Waals surface area contributed by atoms with Crippen molar-refractivity contribution in [2.75, 3.05) is 0 Å². The highest BCUT2D eigenvalue weighted by Crippen LogP contribution is 2.48. The minimum absolute atomic E-state index is 0.646. The van der Waals surface area contributed by atoms with Crippen LogP contribution in [0.2, 0.25) is 0 Å². The molecule has 0 saturated carbocycles. The molecule has 0 radical (unpaired) electrons. The van der Waals surface area contributed by atoms with Gasteiger partial charge in [-0.1, -0.05) is 70.1 Å². The Balaban J connectivity index is 2.48. The van der Waals surface area contributed by atoms with Gasteiger partial charge in [0.2, 0.25) is 0 Å². The molecule has 0 aromatic carbocycles. The quantitative estimate of drug-likeness (QED) is 0.457. The summed E-state index contributed by atoms with van der Waals surface area (Å²) in [6, 6.07) is 0. The topological polar surface area (TPSA) is 0 Å². The number of allylic oxidation sites excluding steroid dienone is 9. The molecule has 2 rings (SSSR count). The average molecular weight is 282 g/mol. The lowest BCUT2D eigenvalue weighted by atomic mass is 9.82. The SMILES string of the molecule is C=CC1=C(/C(=C\CC)CCC)C(CCC)C2=C1CC=CC2. The first-order valence-electron chi connectivity index (χ1n) is 8.71. The fourth-order valence-electron chi connectivity index (χ4n) is 3.93. The van der Waals surface area contributed by atoms with Crippen LogP contribution in [0.3, 0.4) is 0 Å². The zero-order chi connectivity index (χ0) is 15.2. The normalized spacial score (nSPS) is 22.0. The second kappa shape index (κ2) is 7.64. The van der Waals surface area contributed by atoms with Gasteiger partial charge in [0, 0.05) is 5.92 Å². The third-order valence-electron chi connectivity index (χ3n) is 4.70. The van der Waals surface area contributed by atoms with Crippen LogP contribution in [0.5, 0.6) is 0 Å². The lowest BCUT2D eigenvalue weighted by molar-refractivity contribution is 0.619. The molecule has 0 amide bonds. The Hall–Kier alpha value is -1.30. The van der Waals surface area contributed by atoms with Gasteiger partial charge in [0.05, 0.1) is 0 Å². The van der Waals surface area contributed by atoms with E-state index in [0.29, 0.717) is 5.92 Å². The van der Waals surface area contributed by atoms with Crippen molar-refractivity contribution in [1.29, 1.82) is 0 Å². The third kappa shape index (κ3) is 3.15. The highest BCUT2D eigenvalue weighted by atomic mass is 14.4. The fourth-order valence-corrected chi connectivity index (χ4v) is 3.93. The first-order chi connectivity index (χ1) is 10.3. The van der Waals surface area contributed by atoms with E-state index in [-0.39, 0.29) is 0 Å². The minimum Gasteiger partial charge on any atom is -0.0984 e. The predicted octanol–water partition coefficient (Wildman–Crippen LogP) is 6.68. The monoisotopic (exact) mass is 282 g/mol. The van der Waals surface area contributed by atoms with Crippen molar-refractivity contribution in [3.05, 3.63) is 58.7 Å². The van der Waals surface area contributed by atoms with Gasteiger partial charge in [-0.15, -0.1) is 0 Å². The maximum Gasteiger partial charge on any atom is 0.00659 e. The van der Waals surface area contributed by atoms with E-state index >= 15 is 0 Å². The molecule has 0 spiro atoms. The second-order valence-electron chi connectivity index (χ2n) is 6.14.